The lowest BCUT2D eigenvalue weighted by molar-refractivity contribution is -0.123. The first-order valence-electron chi connectivity index (χ1n) is 4.37. The summed E-state index contributed by atoms with van der Waals surface area (Å²) in [5.41, 5.74) is 10.7. The highest BCUT2D eigenvalue weighted by molar-refractivity contribution is 7.14. The number of anilines is 1. The number of hydrogen-bond donors (Lipinski definition) is 3. The molecule has 16 heavy (non-hydrogen) atoms. The number of amides is 2. The molecule has 5 N–H and O–H groups in total. The summed E-state index contributed by atoms with van der Waals surface area (Å²) in [4.78, 5) is 22.0. The number of nitrogens with zero attached hydrogens (tertiary/aromatic N) is 1. The van der Waals surface area contributed by atoms with Gasteiger partial charge in [-0.2, -0.15) is 5.26 Å². The van der Waals surface area contributed by atoms with Crippen molar-refractivity contribution in [3.05, 3.63) is 17.0 Å². The Morgan fingerprint density at radius 1 is 1.62 bits per heavy atom. The molecule has 1 atom stereocenters. The molecule has 0 aromatic carbocycles. The minimum absolute atomic E-state index is 0.223. The molecule has 1 heterocycles. The Labute approximate surface area is 95.8 Å². The molecule has 0 aliphatic heterocycles. The van der Waals surface area contributed by atoms with Crippen LogP contribution >= 0.6 is 11.3 Å². The maximum Gasteiger partial charge on any atom is 0.242 e. The Kier molecular flexibility index (Phi) is 3.99. The zero-order valence-corrected chi connectivity index (χ0v) is 9.08. The van der Waals surface area contributed by atoms with Gasteiger partial charge in [0.2, 0.25) is 11.8 Å². The topological polar surface area (TPSA) is 122 Å². The van der Waals surface area contributed by atoms with Crippen molar-refractivity contribution >= 4 is 28.2 Å². The van der Waals surface area contributed by atoms with E-state index in [1.54, 1.807) is 11.4 Å². The standard InChI is InChI=1S/C9H10N4O2S/c10-4-5-1-2-16-9(5)13-8(15)6(11)3-7(12)14/h1-2,6H,3,11H2,(H2,12,14)(H,13,15). The maximum atomic E-state index is 11.5. The van der Waals surface area contributed by atoms with Crippen LogP contribution in [-0.4, -0.2) is 17.9 Å². The highest BCUT2D eigenvalue weighted by Crippen LogP contribution is 2.22. The van der Waals surface area contributed by atoms with Gasteiger partial charge in [-0.15, -0.1) is 11.3 Å². The molecule has 0 saturated carbocycles. The molecule has 0 aliphatic rings. The van der Waals surface area contributed by atoms with Gasteiger partial charge in [-0.1, -0.05) is 0 Å². The Bertz CT molecular complexity index is 449. The van der Waals surface area contributed by atoms with E-state index < -0.39 is 17.9 Å². The number of nitrogens with one attached hydrogen (secondary N) is 1. The van der Waals surface area contributed by atoms with Crippen molar-refractivity contribution < 1.29 is 9.59 Å². The third kappa shape index (κ3) is 3.05. The molecule has 1 aromatic heterocycles. The lowest BCUT2D eigenvalue weighted by Crippen LogP contribution is -2.38. The van der Waals surface area contributed by atoms with Gasteiger partial charge >= 0.3 is 0 Å². The molecule has 1 rings (SSSR count). The fraction of sp³-hybridized carbons (Fsp3) is 0.222. The van der Waals surface area contributed by atoms with E-state index in [4.69, 9.17) is 16.7 Å². The molecular weight excluding hydrogens is 228 g/mol. The largest absolute Gasteiger partial charge is 0.370 e. The molecule has 0 spiro atoms. The van der Waals surface area contributed by atoms with Crippen molar-refractivity contribution in [3.63, 3.8) is 0 Å². The number of thiophene rings is 1. The lowest BCUT2D eigenvalue weighted by atomic mass is 10.2. The molecule has 0 bridgehead atoms. The monoisotopic (exact) mass is 238 g/mol. The van der Waals surface area contributed by atoms with Crippen LogP contribution in [0.25, 0.3) is 0 Å². The fourth-order valence-electron chi connectivity index (χ4n) is 1.01. The van der Waals surface area contributed by atoms with E-state index in [2.05, 4.69) is 5.32 Å². The number of hydrogen-bond acceptors (Lipinski definition) is 5. The van der Waals surface area contributed by atoms with E-state index in [1.807, 2.05) is 6.07 Å². The Morgan fingerprint density at radius 2 is 2.31 bits per heavy atom. The SMILES string of the molecule is N#Cc1ccsc1NC(=O)C(N)CC(N)=O. The number of carbonyl (C=O) groups is 2. The number of nitrogens with two attached hydrogens (primary N) is 2. The van der Waals surface area contributed by atoms with E-state index in [1.165, 1.54) is 11.3 Å². The van der Waals surface area contributed by atoms with Gasteiger partial charge in [0, 0.05) is 0 Å². The van der Waals surface area contributed by atoms with Gasteiger partial charge in [-0.05, 0) is 11.4 Å². The molecular formula is C9H10N4O2S. The van der Waals surface area contributed by atoms with E-state index in [0.717, 1.165) is 0 Å². The first-order valence-corrected chi connectivity index (χ1v) is 5.25. The molecule has 0 aliphatic carbocycles. The molecule has 84 valence electrons. The second-order valence-corrected chi connectivity index (χ2v) is 3.96. The number of rotatable bonds is 4. The third-order valence-corrected chi connectivity index (χ3v) is 2.61. The Balaban J connectivity index is 2.65. The van der Waals surface area contributed by atoms with Crippen LogP contribution < -0.4 is 16.8 Å². The second-order valence-electron chi connectivity index (χ2n) is 3.04. The van der Waals surface area contributed by atoms with Crippen LogP contribution in [0.4, 0.5) is 5.00 Å². The molecule has 2 amide bonds. The Hall–Kier alpha value is -1.91. The van der Waals surface area contributed by atoms with Crippen LogP contribution in [0.15, 0.2) is 11.4 Å². The summed E-state index contributed by atoms with van der Waals surface area (Å²) < 4.78 is 0. The van der Waals surface area contributed by atoms with Crippen LogP contribution in [0, 0.1) is 11.3 Å². The number of nitriles is 1. The molecule has 0 fully saturated rings. The maximum absolute atomic E-state index is 11.5. The summed E-state index contributed by atoms with van der Waals surface area (Å²) in [6.45, 7) is 0. The summed E-state index contributed by atoms with van der Waals surface area (Å²) in [7, 11) is 0. The first-order chi connectivity index (χ1) is 7.54. The molecule has 0 radical (unpaired) electrons. The smallest absolute Gasteiger partial charge is 0.242 e. The minimum atomic E-state index is -0.994. The summed E-state index contributed by atoms with van der Waals surface area (Å²) in [5.74, 6) is -1.17. The first kappa shape index (κ1) is 12.2. The van der Waals surface area contributed by atoms with Gasteiger partial charge in [0.15, 0.2) is 0 Å². The van der Waals surface area contributed by atoms with Crippen molar-refractivity contribution in [3.8, 4) is 6.07 Å². The van der Waals surface area contributed by atoms with Gasteiger partial charge in [-0.3, -0.25) is 9.59 Å². The van der Waals surface area contributed by atoms with Crippen LogP contribution in [-0.2, 0) is 9.59 Å². The fourth-order valence-corrected chi connectivity index (χ4v) is 1.75. The second kappa shape index (κ2) is 5.25. The molecule has 0 saturated heterocycles. The average Bonchev–Trinajstić information content (AvgIpc) is 2.64. The lowest BCUT2D eigenvalue weighted by Gasteiger charge is -2.09. The highest BCUT2D eigenvalue weighted by Gasteiger charge is 2.17. The normalized spacial score (nSPS) is 11.5. The summed E-state index contributed by atoms with van der Waals surface area (Å²) in [6, 6.07) is 2.51. The van der Waals surface area contributed by atoms with Crippen LogP contribution in [0.2, 0.25) is 0 Å². The van der Waals surface area contributed by atoms with E-state index in [0.29, 0.717) is 10.6 Å². The van der Waals surface area contributed by atoms with Crippen LogP contribution in [0.1, 0.15) is 12.0 Å². The molecule has 7 heteroatoms. The predicted molar refractivity (Wildman–Crippen MR) is 59.5 cm³/mol. The van der Waals surface area contributed by atoms with Gasteiger partial charge in [-0.25, -0.2) is 0 Å². The van der Waals surface area contributed by atoms with Crippen LogP contribution in [0.5, 0.6) is 0 Å². The van der Waals surface area contributed by atoms with Gasteiger partial charge < -0.3 is 16.8 Å². The van der Waals surface area contributed by atoms with E-state index in [-0.39, 0.29) is 6.42 Å². The van der Waals surface area contributed by atoms with Crippen LogP contribution in [0.3, 0.4) is 0 Å². The van der Waals surface area contributed by atoms with Gasteiger partial charge in [0.25, 0.3) is 0 Å². The van der Waals surface area contributed by atoms with Crippen molar-refractivity contribution in [2.45, 2.75) is 12.5 Å². The predicted octanol–water partition coefficient (Wildman–Crippen LogP) is -0.239. The van der Waals surface area contributed by atoms with Crippen molar-refractivity contribution in [2.75, 3.05) is 5.32 Å². The van der Waals surface area contributed by atoms with Gasteiger partial charge in [0.1, 0.15) is 11.1 Å². The van der Waals surface area contributed by atoms with E-state index in [9.17, 15) is 9.59 Å². The summed E-state index contributed by atoms with van der Waals surface area (Å²) >= 11 is 1.21. The Morgan fingerprint density at radius 3 is 2.88 bits per heavy atom. The zero-order chi connectivity index (χ0) is 12.1. The third-order valence-electron chi connectivity index (χ3n) is 1.78. The van der Waals surface area contributed by atoms with Crippen molar-refractivity contribution in [1.82, 2.24) is 0 Å². The number of primary amides is 1. The molecule has 1 unspecified atom stereocenters. The average molecular weight is 238 g/mol. The molecule has 6 nitrogen and oxygen atoms in total. The highest BCUT2D eigenvalue weighted by atomic mass is 32.1. The number of carbonyl (C=O) groups excluding carboxylic acids is 2. The molecule has 1 aromatic rings. The zero-order valence-electron chi connectivity index (χ0n) is 8.27. The minimum Gasteiger partial charge on any atom is -0.370 e. The summed E-state index contributed by atoms with van der Waals surface area (Å²) in [6.07, 6.45) is -0.223. The van der Waals surface area contributed by atoms with Crippen molar-refractivity contribution in [2.24, 2.45) is 11.5 Å². The van der Waals surface area contributed by atoms with Crippen molar-refractivity contribution in [1.29, 1.82) is 5.26 Å². The van der Waals surface area contributed by atoms with E-state index >= 15 is 0 Å². The quantitative estimate of drug-likeness (QED) is 0.670. The summed E-state index contributed by atoms with van der Waals surface area (Å²) in [5, 5.41) is 13.3. The van der Waals surface area contributed by atoms with Gasteiger partial charge in [0.05, 0.1) is 18.0 Å².